The van der Waals surface area contributed by atoms with E-state index in [9.17, 15) is 24.3 Å². The van der Waals surface area contributed by atoms with Crippen LogP contribution in [0.2, 0.25) is 0 Å². The third-order valence-electron chi connectivity index (χ3n) is 10.8. The molecule has 0 spiro atoms. The molecule has 0 radical (unpaired) electrons. The smallest absolute Gasteiger partial charge is 0.406 e. The fraction of sp³-hybridized carbons (Fsp3) is 0.426. The Labute approximate surface area is 348 Å². The van der Waals surface area contributed by atoms with Gasteiger partial charge in [0.15, 0.2) is 0 Å². The van der Waals surface area contributed by atoms with Crippen molar-refractivity contribution in [1.82, 2.24) is 31.2 Å². The number of carbonyl (C=O) groups excluding carboxylic acids is 4. The van der Waals surface area contributed by atoms with Crippen LogP contribution in [0.4, 0.5) is 9.59 Å². The number of alkyl carbamates (subject to hydrolysis) is 1. The number of nitrogens with zero attached hydrogens (tertiary/aromatic N) is 2. The van der Waals surface area contributed by atoms with E-state index in [-0.39, 0.29) is 37.2 Å². The van der Waals surface area contributed by atoms with Crippen LogP contribution in [0.25, 0.3) is 11.3 Å². The Morgan fingerprint density at radius 3 is 2.08 bits per heavy atom. The van der Waals surface area contributed by atoms with Gasteiger partial charge in [-0.05, 0) is 58.9 Å². The van der Waals surface area contributed by atoms with Crippen molar-refractivity contribution in [3.63, 3.8) is 0 Å². The first-order valence-electron chi connectivity index (χ1n) is 20.3. The lowest BCUT2D eigenvalue weighted by Gasteiger charge is -2.39. The van der Waals surface area contributed by atoms with Gasteiger partial charge in [0.25, 0.3) is 0 Å². The molecule has 1 aliphatic rings. The lowest BCUT2D eigenvalue weighted by atomic mass is 9.75. The first-order chi connectivity index (χ1) is 28.1. The molecule has 5 rings (SSSR count). The number of carbonyl (C=O) groups is 4. The minimum Gasteiger partial charge on any atom is -0.453 e. The van der Waals surface area contributed by atoms with E-state index in [1.54, 1.807) is 11.1 Å². The molecule has 1 saturated heterocycles. The molecule has 5 amide bonds. The molecular formula is C47H60N6O6. The van der Waals surface area contributed by atoms with Crippen molar-refractivity contribution in [3.8, 4) is 11.3 Å². The van der Waals surface area contributed by atoms with Crippen LogP contribution in [0.15, 0.2) is 109 Å². The van der Waals surface area contributed by atoms with Gasteiger partial charge < -0.3 is 36.0 Å². The number of rotatable bonds is 18. The molecule has 314 valence electrons. The summed E-state index contributed by atoms with van der Waals surface area (Å²) in [4.78, 5) is 59.6. The van der Waals surface area contributed by atoms with Gasteiger partial charge in [-0.3, -0.25) is 14.6 Å². The van der Waals surface area contributed by atoms with E-state index in [4.69, 9.17) is 4.74 Å². The van der Waals surface area contributed by atoms with Crippen LogP contribution >= 0.6 is 0 Å². The highest BCUT2D eigenvalue weighted by molar-refractivity contribution is 5.84. The standard InChI is InChI=1S/C47H60N6O6/c1-46(2,3)42(39-29-49-44(57)53(39)30-34-17-11-8-12-18-34)43(56)52-38(26-32-15-9-7-10-16-32)40(54)27-36(51-41(55)28-47(4,5)31-50-45(58)59-6)25-33-20-22-35(23-21-33)37-19-13-14-24-48-37/h7-24,36,38-40,42,54H,25-31H2,1-6H3,(H,49,57)(H,50,58)(H,51,55)(H,52,56). The van der Waals surface area contributed by atoms with Gasteiger partial charge in [-0.2, -0.15) is 0 Å². The number of aromatic nitrogens is 1. The van der Waals surface area contributed by atoms with Crippen LogP contribution in [0, 0.1) is 16.7 Å². The summed E-state index contributed by atoms with van der Waals surface area (Å²) in [5.74, 6) is -1.12. The van der Waals surface area contributed by atoms with Crippen molar-refractivity contribution in [1.29, 1.82) is 0 Å². The van der Waals surface area contributed by atoms with E-state index in [2.05, 4.69) is 26.3 Å². The van der Waals surface area contributed by atoms with Gasteiger partial charge in [0.05, 0.1) is 36.9 Å². The molecule has 1 aromatic heterocycles. The molecule has 0 aliphatic carbocycles. The predicted molar refractivity (Wildman–Crippen MR) is 229 cm³/mol. The van der Waals surface area contributed by atoms with Gasteiger partial charge in [0.2, 0.25) is 11.8 Å². The molecule has 12 nitrogen and oxygen atoms in total. The first-order valence-corrected chi connectivity index (χ1v) is 20.3. The number of methoxy groups -OCH3 is 1. The maximum Gasteiger partial charge on any atom is 0.406 e. The molecule has 1 aliphatic heterocycles. The Balaban J connectivity index is 1.40. The quantitative estimate of drug-likeness (QED) is 0.0791. The van der Waals surface area contributed by atoms with Crippen LogP contribution in [0.3, 0.4) is 0 Å². The first kappa shape index (κ1) is 44.4. The molecule has 5 unspecified atom stereocenters. The Hall–Kier alpha value is -5.75. The highest BCUT2D eigenvalue weighted by atomic mass is 16.5. The molecule has 0 bridgehead atoms. The van der Waals surface area contributed by atoms with Gasteiger partial charge in [-0.25, -0.2) is 9.59 Å². The van der Waals surface area contributed by atoms with Crippen LogP contribution in [0.1, 0.15) is 64.2 Å². The second-order valence-electron chi connectivity index (χ2n) is 17.4. The lowest BCUT2D eigenvalue weighted by Crippen LogP contribution is -2.56. The van der Waals surface area contributed by atoms with Gasteiger partial charge in [0.1, 0.15) is 0 Å². The number of ether oxygens (including phenoxy) is 1. The van der Waals surface area contributed by atoms with Gasteiger partial charge in [0, 0.05) is 43.9 Å². The molecule has 12 heteroatoms. The van der Waals surface area contributed by atoms with E-state index in [0.29, 0.717) is 25.9 Å². The summed E-state index contributed by atoms with van der Waals surface area (Å²) < 4.78 is 4.72. The Morgan fingerprint density at radius 2 is 1.47 bits per heavy atom. The number of aliphatic hydroxyl groups excluding tert-OH is 1. The Bertz CT molecular complexity index is 1970. The van der Waals surface area contributed by atoms with Crippen molar-refractivity contribution in [2.75, 3.05) is 20.2 Å². The van der Waals surface area contributed by atoms with E-state index >= 15 is 0 Å². The van der Waals surface area contributed by atoms with Gasteiger partial charge in [-0.1, -0.05) is 126 Å². The number of benzene rings is 3. The minimum atomic E-state index is -1.07. The van der Waals surface area contributed by atoms with Gasteiger partial charge in [-0.15, -0.1) is 0 Å². The molecule has 5 atom stereocenters. The van der Waals surface area contributed by atoms with Crippen molar-refractivity contribution in [2.45, 2.75) is 91.1 Å². The van der Waals surface area contributed by atoms with Crippen molar-refractivity contribution in [2.24, 2.45) is 16.7 Å². The fourth-order valence-electron chi connectivity index (χ4n) is 7.83. The van der Waals surface area contributed by atoms with E-state index in [1.165, 1.54) is 7.11 Å². The van der Waals surface area contributed by atoms with Crippen LogP contribution in [-0.2, 0) is 33.7 Å². The average molecular weight is 805 g/mol. The number of urea groups is 1. The zero-order valence-corrected chi connectivity index (χ0v) is 35.1. The summed E-state index contributed by atoms with van der Waals surface area (Å²) in [6, 6.07) is 31.2. The van der Waals surface area contributed by atoms with E-state index in [0.717, 1.165) is 27.9 Å². The molecule has 0 saturated carbocycles. The maximum absolute atomic E-state index is 14.7. The molecule has 1 fully saturated rings. The summed E-state index contributed by atoms with van der Waals surface area (Å²) in [5.41, 5.74) is 3.49. The number of aliphatic hydroxyl groups is 1. The van der Waals surface area contributed by atoms with Crippen molar-refractivity contribution < 1.29 is 29.0 Å². The highest BCUT2D eigenvalue weighted by Gasteiger charge is 2.46. The molecule has 2 heterocycles. The van der Waals surface area contributed by atoms with Crippen LogP contribution in [-0.4, -0.2) is 83.4 Å². The van der Waals surface area contributed by atoms with Gasteiger partial charge >= 0.3 is 12.1 Å². The summed E-state index contributed by atoms with van der Waals surface area (Å²) in [5, 5.41) is 24.3. The average Bonchev–Trinajstić information content (AvgIpc) is 3.55. The molecule has 5 N–H and O–H groups in total. The Kier molecular flexibility index (Phi) is 15.3. The highest BCUT2D eigenvalue weighted by Crippen LogP contribution is 2.34. The second kappa shape index (κ2) is 20.3. The summed E-state index contributed by atoms with van der Waals surface area (Å²) in [7, 11) is 1.29. The predicted octanol–water partition coefficient (Wildman–Crippen LogP) is 6.28. The third-order valence-corrected chi connectivity index (χ3v) is 10.8. The lowest BCUT2D eigenvalue weighted by molar-refractivity contribution is -0.132. The maximum atomic E-state index is 14.7. The van der Waals surface area contributed by atoms with Crippen LogP contribution in [0.5, 0.6) is 0 Å². The number of hydrogen-bond donors (Lipinski definition) is 5. The van der Waals surface area contributed by atoms with E-state index in [1.807, 2.05) is 138 Å². The fourth-order valence-corrected chi connectivity index (χ4v) is 7.83. The van der Waals surface area contributed by atoms with E-state index < -0.39 is 47.1 Å². The number of pyridine rings is 1. The molecule has 3 aromatic carbocycles. The number of hydrogen-bond acceptors (Lipinski definition) is 7. The summed E-state index contributed by atoms with van der Waals surface area (Å²) in [6.07, 6.45) is 1.09. The third kappa shape index (κ3) is 13.1. The molecular weight excluding hydrogens is 745 g/mol. The monoisotopic (exact) mass is 804 g/mol. The SMILES string of the molecule is COC(=O)NCC(C)(C)CC(=O)NC(Cc1ccc(-c2ccccn2)cc1)CC(O)C(Cc1ccccc1)NC(=O)C(C1CNC(=O)N1Cc1ccccc1)C(C)(C)C. The topological polar surface area (TPSA) is 162 Å². The molecule has 59 heavy (non-hydrogen) atoms. The summed E-state index contributed by atoms with van der Waals surface area (Å²) >= 11 is 0. The van der Waals surface area contributed by atoms with Crippen LogP contribution < -0.4 is 21.3 Å². The second-order valence-corrected chi connectivity index (χ2v) is 17.4. The number of amides is 5. The Morgan fingerprint density at radius 1 is 0.847 bits per heavy atom. The normalized spacial score (nSPS) is 16.3. The zero-order valence-electron chi connectivity index (χ0n) is 35.1. The number of nitrogens with one attached hydrogen (secondary N) is 4. The molecule has 4 aromatic rings. The van der Waals surface area contributed by atoms with Crippen molar-refractivity contribution >= 4 is 23.9 Å². The zero-order chi connectivity index (χ0) is 42.6. The largest absolute Gasteiger partial charge is 0.453 e. The van der Waals surface area contributed by atoms with Crippen molar-refractivity contribution in [3.05, 3.63) is 126 Å². The minimum absolute atomic E-state index is 0.104. The summed E-state index contributed by atoms with van der Waals surface area (Å²) in [6.45, 7) is 10.6.